The molecule has 1 aromatic heterocycles. The summed E-state index contributed by atoms with van der Waals surface area (Å²) >= 11 is 0. The number of aliphatic carboxylic acids is 1. The fourth-order valence-electron chi connectivity index (χ4n) is 1.87. The fourth-order valence-corrected chi connectivity index (χ4v) is 1.87. The zero-order chi connectivity index (χ0) is 14.9. The van der Waals surface area contributed by atoms with Gasteiger partial charge < -0.3 is 5.11 Å². The van der Waals surface area contributed by atoms with E-state index in [1.165, 1.54) is 12.1 Å². The SMILES string of the molecule is Cc1cc(/C=C/C(=O)O)c2ccc(C(F)(F)F)cc2n1. The van der Waals surface area contributed by atoms with Crippen molar-refractivity contribution in [1.29, 1.82) is 0 Å². The van der Waals surface area contributed by atoms with E-state index in [-0.39, 0.29) is 5.52 Å². The summed E-state index contributed by atoms with van der Waals surface area (Å²) < 4.78 is 38.0. The van der Waals surface area contributed by atoms with E-state index in [2.05, 4.69) is 4.98 Å². The maximum absolute atomic E-state index is 12.7. The van der Waals surface area contributed by atoms with Gasteiger partial charge in [0.25, 0.3) is 0 Å². The van der Waals surface area contributed by atoms with Crippen LogP contribution in [0, 0.1) is 6.92 Å². The number of hydrogen-bond acceptors (Lipinski definition) is 2. The predicted octanol–water partition coefficient (Wildman–Crippen LogP) is 3.66. The Hall–Kier alpha value is -2.37. The van der Waals surface area contributed by atoms with Crippen molar-refractivity contribution in [3.05, 3.63) is 47.2 Å². The Kier molecular flexibility index (Phi) is 3.48. The van der Waals surface area contributed by atoms with E-state index in [0.29, 0.717) is 16.6 Å². The van der Waals surface area contributed by atoms with Gasteiger partial charge in [-0.2, -0.15) is 13.2 Å². The molecule has 20 heavy (non-hydrogen) atoms. The Bertz CT molecular complexity index is 705. The Balaban J connectivity index is 2.64. The number of nitrogens with zero attached hydrogens (tertiary/aromatic N) is 1. The summed E-state index contributed by atoms with van der Waals surface area (Å²) in [7, 11) is 0. The molecule has 0 aliphatic heterocycles. The van der Waals surface area contributed by atoms with Gasteiger partial charge in [-0.15, -0.1) is 0 Å². The van der Waals surface area contributed by atoms with Gasteiger partial charge in [-0.05, 0) is 36.8 Å². The number of fused-ring (bicyclic) bond motifs is 1. The molecule has 0 saturated carbocycles. The second-order valence-corrected chi connectivity index (χ2v) is 4.25. The first kappa shape index (κ1) is 14.0. The van der Waals surface area contributed by atoms with Crippen molar-refractivity contribution in [2.75, 3.05) is 0 Å². The Morgan fingerprint density at radius 1 is 1.30 bits per heavy atom. The molecule has 0 bridgehead atoms. The molecule has 0 radical (unpaired) electrons. The third-order valence-electron chi connectivity index (χ3n) is 2.70. The van der Waals surface area contributed by atoms with Gasteiger partial charge in [-0.25, -0.2) is 4.79 Å². The third kappa shape index (κ3) is 2.96. The number of carbonyl (C=O) groups is 1. The van der Waals surface area contributed by atoms with Crippen molar-refractivity contribution in [2.24, 2.45) is 0 Å². The van der Waals surface area contributed by atoms with Crippen LogP contribution in [-0.2, 0) is 11.0 Å². The molecule has 104 valence electrons. The highest BCUT2D eigenvalue weighted by molar-refractivity contribution is 5.93. The number of aryl methyl sites for hydroxylation is 1. The minimum absolute atomic E-state index is 0.185. The maximum atomic E-state index is 12.7. The van der Waals surface area contributed by atoms with Crippen molar-refractivity contribution in [2.45, 2.75) is 13.1 Å². The number of carboxylic acid groups (broad SMARTS) is 1. The van der Waals surface area contributed by atoms with E-state index < -0.39 is 17.7 Å². The van der Waals surface area contributed by atoms with E-state index in [1.54, 1.807) is 13.0 Å². The molecule has 3 nitrogen and oxygen atoms in total. The van der Waals surface area contributed by atoms with Crippen molar-refractivity contribution in [3.8, 4) is 0 Å². The summed E-state index contributed by atoms with van der Waals surface area (Å²) in [4.78, 5) is 14.6. The van der Waals surface area contributed by atoms with Crippen LogP contribution in [0.25, 0.3) is 17.0 Å². The van der Waals surface area contributed by atoms with Crippen LogP contribution in [0.1, 0.15) is 16.8 Å². The summed E-state index contributed by atoms with van der Waals surface area (Å²) in [5, 5.41) is 9.09. The molecule has 0 fully saturated rings. The number of benzene rings is 1. The van der Waals surface area contributed by atoms with Gasteiger partial charge in [0, 0.05) is 17.2 Å². The minimum atomic E-state index is -4.43. The summed E-state index contributed by atoms with van der Waals surface area (Å²) in [6.45, 7) is 1.64. The number of hydrogen-bond donors (Lipinski definition) is 1. The highest BCUT2D eigenvalue weighted by Crippen LogP contribution is 2.32. The van der Waals surface area contributed by atoms with Gasteiger partial charge in [-0.3, -0.25) is 4.98 Å². The molecule has 1 aromatic carbocycles. The molecule has 1 N–H and O–H groups in total. The number of pyridine rings is 1. The van der Waals surface area contributed by atoms with Gasteiger partial charge in [-0.1, -0.05) is 6.07 Å². The first-order chi connectivity index (χ1) is 9.27. The lowest BCUT2D eigenvalue weighted by Gasteiger charge is -2.09. The summed E-state index contributed by atoms with van der Waals surface area (Å²) in [6.07, 6.45) is -2.16. The molecule has 2 aromatic rings. The molecule has 2 rings (SSSR count). The molecular weight excluding hydrogens is 271 g/mol. The monoisotopic (exact) mass is 281 g/mol. The Morgan fingerprint density at radius 3 is 2.60 bits per heavy atom. The molecule has 0 atom stereocenters. The summed E-state index contributed by atoms with van der Waals surface area (Å²) in [6, 6.07) is 4.83. The van der Waals surface area contributed by atoms with Crippen LogP contribution >= 0.6 is 0 Å². The highest BCUT2D eigenvalue weighted by Gasteiger charge is 2.30. The normalized spacial score (nSPS) is 12.2. The lowest BCUT2D eigenvalue weighted by molar-refractivity contribution is -0.137. The number of alkyl halides is 3. The van der Waals surface area contributed by atoms with Crippen LogP contribution in [0.3, 0.4) is 0 Å². The third-order valence-corrected chi connectivity index (χ3v) is 2.70. The van der Waals surface area contributed by atoms with Crippen molar-refractivity contribution in [3.63, 3.8) is 0 Å². The van der Waals surface area contributed by atoms with Crippen LogP contribution in [0.5, 0.6) is 0 Å². The van der Waals surface area contributed by atoms with Gasteiger partial charge in [0.2, 0.25) is 0 Å². The maximum Gasteiger partial charge on any atom is 0.416 e. The highest BCUT2D eigenvalue weighted by atomic mass is 19.4. The first-order valence-electron chi connectivity index (χ1n) is 5.67. The van der Waals surface area contributed by atoms with E-state index in [0.717, 1.165) is 18.2 Å². The average molecular weight is 281 g/mol. The fraction of sp³-hybridized carbons (Fsp3) is 0.143. The quantitative estimate of drug-likeness (QED) is 0.855. The molecule has 0 unspecified atom stereocenters. The summed E-state index contributed by atoms with van der Waals surface area (Å²) in [5.74, 6) is -1.13. The molecule has 0 spiro atoms. The molecule has 0 saturated heterocycles. The number of carboxylic acids is 1. The lowest BCUT2D eigenvalue weighted by atomic mass is 10.0. The molecule has 6 heteroatoms. The van der Waals surface area contributed by atoms with Crippen LogP contribution in [0.4, 0.5) is 13.2 Å². The topological polar surface area (TPSA) is 50.2 Å². The zero-order valence-electron chi connectivity index (χ0n) is 10.4. The van der Waals surface area contributed by atoms with E-state index in [4.69, 9.17) is 5.11 Å². The zero-order valence-corrected chi connectivity index (χ0v) is 10.4. The molecule has 0 amide bonds. The second-order valence-electron chi connectivity index (χ2n) is 4.25. The number of aromatic nitrogens is 1. The van der Waals surface area contributed by atoms with Crippen molar-refractivity contribution in [1.82, 2.24) is 4.98 Å². The van der Waals surface area contributed by atoms with Crippen molar-refractivity contribution < 1.29 is 23.1 Å². The standard InChI is InChI=1S/C14H10F3NO2/c1-8-6-9(2-5-13(19)20)11-4-3-10(14(15,16)17)7-12(11)18-8/h2-7H,1H3,(H,19,20)/b5-2+. The smallest absolute Gasteiger partial charge is 0.416 e. The van der Waals surface area contributed by atoms with E-state index >= 15 is 0 Å². The van der Waals surface area contributed by atoms with Gasteiger partial charge in [0.1, 0.15) is 0 Å². The summed E-state index contributed by atoms with van der Waals surface area (Å²) in [5.41, 5.74) is 0.437. The van der Waals surface area contributed by atoms with Gasteiger partial charge in [0.15, 0.2) is 0 Å². The molecular formula is C14H10F3NO2. The van der Waals surface area contributed by atoms with E-state index in [9.17, 15) is 18.0 Å². The minimum Gasteiger partial charge on any atom is -0.478 e. The van der Waals surface area contributed by atoms with Crippen LogP contribution in [0.15, 0.2) is 30.3 Å². The molecule has 0 aliphatic carbocycles. The Labute approximate surface area is 112 Å². The van der Waals surface area contributed by atoms with Crippen LogP contribution in [0.2, 0.25) is 0 Å². The first-order valence-corrected chi connectivity index (χ1v) is 5.67. The number of rotatable bonds is 2. The van der Waals surface area contributed by atoms with E-state index in [1.807, 2.05) is 0 Å². The lowest BCUT2D eigenvalue weighted by Crippen LogP contribution is -2.04. The van der Waals surface area contributed by atoms with Crippen molar-refractivity contribution >= 4 is 22.9 Å². The molecule has 0 aliphatic rings. The van der Waals surface area contributed by atoms with Gasteiger partial charge in [0.05, 0.1) is 11.1 Å². The predicted molar refractivity (Wildman–Crippen MR) is 68.2 cm³/mol. The average Bonchev–Trinajstić information content (AvgIpc) is 2.33. The Morgan fingerprint density at radius 2 is 2.00 bits per heavy atom. The molecule has 1 heterocycles. The largest absolute Gasteiger partial charge is 0.478 e. The van der Waals surface area contributed by atoms with Crippen LogP contribution in [-0.4, -0.2) is 16.1 Å². The second kappa shape index (κ2) is 4.96. The van der Waals surface area contributed by atoms with Crippen LogP contribution < -0.4 is 0 Å². The number of halogens is 3. The van der Waals surface area contributed by atoms with Gasteiger partial charge >= 0.3 is 12.1 Å².